The first-order valence-electron chi connectivity index (χ1n) is 6.13. The minimum absolute atomic E-state index is 0.668. The molecule has 0 bridgehead atoms. The van der Waals surface area contributed by atoms with Crippen molar-refractivity contribution in [1.29, 1.82) is 0 Å². The van der Waals surface area contributed by atoms with Gasteiger partial charge in [-0.3, -0.25) is 0 Å². The molecule has 0 fully saturated rings. The van der Waals surface area contributed by atoms with Gasteiger partial charge in [-0.1, -0.05) is 19.6 Å². The lowest BCUT2D eigenvalue weighted by Crippen LogP contribution is -2.35. The smallest absolute Gasteiger partial charge is 0.243 e. The van der Waals surface area contributed by atoms with Gasteiger partial charge in [0.1, 0.15) is 18.9 Å². The largest absolute Gasteiger partial charge is 0.382 e. The van der Waals surface area contributed by atoms with Crippen molar-refractivity contribution < 1.29 is 14.0 Å². The van der Waals surface area contributed by atoms with Crippen LogP contribution in [0.25, 0.3) is 0 Å². The van der Waals surface area contributed by atoms with Gasteiger partial charge in [0.2, 0.25) is 6.33 Å². The van der Waals surface area contributed by atoms with Crippen LogP contribution in [0.2, 0.25) is 19.6 Å². The van der Waals surface area contributed by atoms with Crippen LogP contribution < -0.4 is 4.57 Å². The third-order valence-corrected chi connectivity index (χ3v) is 3.64. The topological polar surface area (TPSA) is 27.3 Å². The summed E-state index contributed by atoms with van der Waals surface area (Å²) in [4.78, 5) is 0. The lowest BCUT2D eigenvalue weighted by Gasteiger charge is -2.11. The molecule has 0 saturated heterocycles. The summed E-state index contributed by atoms with van der Waals surface area (Å²) in [6.45, 7) is 10.1. The summed E-state index contributed by atoms with van der Waals surface area (Å²) < 4.78 is 14.8. The fourth-order valence-electron chi connectivity index (χ4n) is 1.63. The zero-order chi connectivity index (χ0) is 12.7. The highest BCUT2D eigenvalue weighted by molar-refractivity contribution is 6.74. The number of imidazole rings is 1. The summed E-state index contributed by atoms with van der Waals surface area (Å²) in [5.74, 6) is 0. The Bertz CT molecular complexity index is 321. The Morgan fingerprint density at radius 2 is 1.94 bits per heavy atom. The summed E-state index contributed by atoms with van der Waals surface area (Å²) in [6.07, 6.45) is 7.59. The van der Waals surface area contributed by atoms with Gasteiger partial charge in [-0.15, -0.1) is 0 Å². The quantitative estimate of drug-likeness (QED) is 0.399. The summed E-state index contributed by atoms with van der Waals surface area (Å²) in [5.41, 5.74) is 0. The molecule has 0 atom stereocenters. The zero-order valence-corrected chi connectivity index (χ0v) is 12.5. The van der Waals surface area contributed by atoms with E-state index < -0.39 is 8.07 Å². The van der Waals surface area contributed by atoms with Gasteiger partial charge in [0, 0.05) is 7.11 Å². The maximum Gasteiger partial charge on any atom is 0.243 e. The molecular formula is C12H25N2O2Si+. The molecule has 5 heteroatoms. The molecule has 0 unspecified atom stereocenters. The highest BCUT2D eigenvalue weighted by Gasteiger charge is 2.17. The third-order valence-electron chi connectivity index (χ3n) is 2.33. The van der Waals surface area contributed by atoms with Gasteiger partial charge in [-0.05, 0) is 0 Å². The summed E-state index contributed by atoms with van der Waals surface area (Å²) >= 11 is 0. The standard InChI is InChI=1S/C12H25N2O2Si/c1-15-9-10-16-8-7-13-5-6-14(11-13)12-17(2,3)4/h5-6,11H,7-10,12H2,1-4H3/q+1. The minimum atomic E-state index is -1.03. The monoisotopic (exact) mass is 257 g/mol. The molecule has 0 N–H and O–H groups in total. The Labute approximate surface area is 105 Å². The molecule has 0 spiro atoms. The van der Waals surface area contributed by atoms with Crippen LogP contribution in [0.1, 0.15) is 0 Å². The molecule has 1 heterocycles. The maximum absolute atomic E-state index is 5.44. The van der Waals surface area contributed by atoms with E-state index in [2.05, 4.69) is 47.5 Å². The van der Waals surface area contributed by atoms with E-state index in [-0.39, 0.29) is 0 Å². The number of hydrogen-bond donors (Lipinski definition) is 0. The SMILES string of the molecule is COCCOCC[n+]1ccn(C[Si](C)(C)C)c1. The molecule has 98 valence electrons. The van der Waals surface area contributed by atoms with Crippen molar-refractivity contribution in [3.05, 3.63) is 18.7 Å². The Balaban J connectivity index is 2.26. The van der Waals surface area contributed by atoms with Crippen LogP contribution in [-0.4, -0.2) is 39.6 Å². The molecule has 1 aromatic heterocycles. The van der Waals surface area contributed by atoms with Gasteiger partial charge in [-0.25, -0.2) is 9.13 Å². The normalized spacial score (nSPS) is 12.0. The van der Waals surface area contributed by atoms with Crippen molar-refractivity contribution in [2.45, 2.75) is 32.4 Å². The predicted octanol–water partition coefficient (Wildman–Crippen LogP) is 1.32. The van der Waals surface area contributed by atoms with E-state index >= 15 is 0 Å². The van der Waals surface area contributed by atoms with Crippen LogP contribution in [0.4, 0.5) is 0 Å². The summed E-state index contributed by atoms with van der Waals surface area (Å²) in [6, 6.07) is 0. The number of rotatable bonds is 8. The van der Waals surface area contributed by atoms with Gasteiger partial charge in [0.05, 0.1) is 34.1 Å². The van der Waals surface area contributed by atoms with E-state index in [0.29, 0.717) is 13.2 Å². The minimum Gasteiger partial charge on any atom is -0.382 e. The Kier molecular flexibility index (Phi) is 5.88. The van der Waals surface area contributed by atoms with E-state index in [0.717, 1.165) is 13.2 Å². The van der Waals surface area contributed by atoms with Crippen LogP contribution in [-0.2, 0) is 22.2 Å². The van der Waals surface area contributed by atoms with E-state index in [1.807, 2.05) is 0 Å². The molecule has 1 rings (SSSR count). The average Bonchev–Trinajstić information content (AvgIpc) is 2.63. The molecule has 17 heavy (non-hydrogen) atoms. The fraction of sp³-hybridized carbons (Fsp3) is 0.750. The summed E-state index contributed by atoms with van der Waals surface area (Å²) in [7, 11) is 0.657. The number of ether oxygens (including phenoxy) is 2. The second kappa shape index (κ2) is 6.93. The number of methoxy groups -OCH3 is 1. The van der Waals surface area contributed by atoms with E-state index in [9.17, 15) is 0 Å². The van der Waals surface area contributed by atoms with Crippen molar-refractivity contribution >= 4 is 8.07 Å². The molecule has 0 amide bonds. The van der Waals surface area contributed by atoms with Gasteiger partial charge in [0.15, 0.2) is 0 Å². The number of hydrogen-bond acceptors (Lipinski definition) is 2. The fourth-order valence-corrected chi connectivity index (χ4v) is 2.91. The maximum atomic E-state index is 5.44. The molecule has 0 aliphatic carbocycles. The van der Waals surface area contributed by atoms with Gasteiger partial charge in [0.25, 0.3) is 0 Å². The molecule has 0 aliphatic rings. The van der Waals surface area contributed by atoms with Gasteiger partial charge < -0.3 is 9.47 Å². The van der Waals surface area contributed by atoms with Crippen LogP contribution in [0.15, 0.2) is 18.7 Å². The number of nitrogens with zero attached hydrogens (tertiary/aromatic N) is 2. The Hall–Kier alpha value is -0.653. The highest BCUT2D eigenvalue weighted by atomic mass is 28.3. The van der Waals surface area contributed by atoms with Gasteiger partial charge >= 0.3 is 0 Å². The first-order valence-corrected chi connectivity index (χ1v) is 9.83. The van der Waals surface area contributed by atoms with E-state index in [4.69, 9.17) is 9.47 Å². The molecule has 0 aromatic carbocycles. The second-order valence-electron chi connectivity index (χ2n) is 5.49. The first kappa shape index (κ1) is 14.4. The molecule has 0 saturated carbocycles. The second-order valence-corrected chi connectivity index (χ2v) is 10.9. The highest BCUT2D eigenvalue weighted by Crippen LogP contribution is 2.03. The lowest BCUT2D eigenvalue weighted by molar-refractivity contribution is -0.698. The number of aromatic nitrogens is 2. The molecule has 0 aliphatic heterocycles. The first-order chi connectivity index (χ1) is 8.01. The van der Waals surface area contributed by atoms with E-state index in [1.54, 1.807) is 7.11 Å². The van der Waals surface area contributed by atoms with Gasteiger partial charge in [-0.2, -0.15) is 0 Å². The van der Waals surface area contributed by atoms with Crippen molar-refractivity contribution in [1.82, 2.24) is 4.57 Å². The lowest BCUT2D eigenvalue weighted by atomic mass is 10.6. The van der Waals surface area contributed by atoms with Crippen molar-refractivity contribution in [3.8, 4) is 0 Å². The average molecular weight is 257 g/mol. The predicted molar refractivity (Wildman–Crippen MR) is 70.7 cm³/mol. The molecule has 4 nitrogen and oxygen atoms in total. The Morgan fingerprint density at radius 3 is 2.59 bits per heavy atom. The van der Waals surface area contributed by atoms with Crippen LogP contribution in [0, 0.1) is 0 Å². The molecular weight excluding hydrogens is 232 g/mol. The Morgan fingerprint density at radius 1 is 1.18 bits per heavy atom. The van der Waals surface area contributed by atoms with Crippen molar-refractivity contribution in [2.75, 3.05) is 26.9 Å². The zero-order valence-electron chi connectivity index (χ0n) is 11.5. The van der Waals surface area contributed by atoms with Crippen LogP contribution >= 0.6 is 0 Å². The van der Waals surface area contributed by atoms with E-state index in [1.165, 1.54) is 6.17 Å². The van der Waals surface area contributed by atoms with Crippen LogP contribution in [0.3, 0.4) is 0 Å². The molecule has 0 radical (unpaired) electrons. The van der Waals surface area contributed by atoms with Crippen molar-refractivity contribution in [3.63, 3.8) is 0 Å². The van der Waals surface area contributed by atoms with Crippen LogP contribution in [0.5, 0.6) is 0 Å². The molecule has 1 aromatic rings. The third kappa shape index (κ3) is 6.60. The van der Waals surface area contributed by atoms with Crippen molar-refractivity contribution in [2.24, 2.45) is 0 Å². The summed E-state index contributed by atoms with van der Waals surface area (Å²) in [5, 5.41) is 0.